The van der Waals surface area contributed by atoms with Crippen LogP contribution in [-0.2, 0) is 7.05 Å². The van der Waals surface area contributed by atoms with E-state index in [1.165, 1.54) is 0 Å². The Balaban J connectivity index is 1.75. The first-order valence-corrected chi connectivity index (χ1v) is 7.60. The number of carbonyl (C=O) groups is 1. The number of rotatable bonds is 3. The van der Waals surface area contributed by atoms with E-state index in [1.54, 1.807) is 17.1 Å². The van der Waals surface area contributed by atoms with Crippen LogP contribution in [0, 0.1) is 0 Å². The predicted molar refractivity (Wildman–Crippen MR) is 84.9 cm³/mol. The molecular formula is C16H21N5O. The van der Waals surface area contributed by atoms with E-state index in [0.29, 0.717) is 18.0 Å². The lowest BCUT2D eigenvalue weighted by Gasteiger charge is -2.32. The van der Waals surface area contributed by atoms with Crippen molar-refractivity contribution in [3.05, 3.63) is 41.9 Å². The summed E-state index contributed by atoms with van der Waals surface area (Å²) in [4.78, 5) is 19.1. The Morgan fingerprint density at radius 1 is 1.41 bits per heavy atom. The van der Waals surface area contributed by atoms with Gasteiger partial charge < -0.3 is 10.2 Å². The van der Waals surface area contributed by atoms with Gasteiger partial charge in [-0.05, 0) is 25.0 Å². The molecule has 3 rings (SSSR count). The summed E-state index contributed by atoms with van der Waals surface area (Å²) in [5.41, 5.74) is 1.70. The Morgan fingerprint density at radius 2 is 2.27 bits per heavy atom. The highest BCUT2D eigenvalue weighted by Crippen LogP contribution is 2.27. The van der Waals surface area contributed by atoms with Crippen molar-refractivity contribution in [2.75, 3.05) is 25.5 Å². The van der Waals surface area contributed by atoms with Gasteiger partial charge in [-0.15, -0.1) is 0 Å². The molecule has 22 heavy (non-hydrogen) atoms. The highest BCUT2D eigenvalue weighted by Gasteiger charge is 2.26. The predicted octanol–water partition coefficient (Wildman–Crippen LogP) is 1.88. The molecule has 2 aromatic heterocycles. The van der Waals surface area contributed by atoms with Crippen molar-refractivity contribution in [2.24, 2.45) is 7.05 Å². The number of amides is 1. The molecule has 0 aliphatic carbocycles. The normalized spacial score (nSPS) is 18.3. The molecule has 0 bridgehead atoms. The molecule has 1 aliphatic rings. The first kappa shape index (κ1) is 14.6. The third kappa shape index (κ3) is 2.95. The van der Waals surface area contributed by atoms with E-state index < -0.39 is 0 Å². The van der Waals surface area contributed by atoms with Gasteiger partial charge in [0.15, 0.2) is 0 Å². The second kappa shape index (κ2) is 6.17. The van der Waals surface area contributed by atoms with Crippen LogP contribution in [0.15, 0.2) is 30.6 Å². The maximum atomic E-state index is 12.6. The molecule has 1 N–H and O–H groups in total. The molecule has 0 aromatic carbocycles. The van der Waals surface area contributed by atoms with Gasteiger partial charge in [0.25, 0.3) is 5.91 Å². The minimum absolute atomic E-state index is 0.0579. The maximum Gasteiger partial charge on any atom is 0.257 e. The van der Waals surface area contributed by atoms with Gasteiger partial charge in [-0.1, -0.05) is 6.07 Å². The molecule has 1 amide bonds. The minimum atomic E-state index is 0.0579. The zero-order valence-electron chi connectivity index (χ0n) is 13.0. The Hall–Kier alpha value is -2.37. The molecule has 1 fully saturated rings. The van der Waals surface area contributed by atoms with Gasteiger partial charge >= 0.3 is 0 Å². The SMILES string of the molecule is CNc1cccc(C2CCCN(C(=O)c3cnn(C)c3)C2)n1. The number of nitrogens with zero attached hydrogens (tertiary/aromatic N) is 4. The standard InChI is InChI=1S/C16H21N5O/c1-17-15-7-3-6-14(19-15)12-5-4-8-21(11-12)16(22)13-9-18-20(2)10-13/h3,6-7,9-10,12H,4-5,8,11H2,1-2H3,(H,17,19). The highest BCUT2D eigenvalue weighted by atomic mass is 16.2. The summed E-state index contributed by atoms with van der Waals surface area (Å²) in [6.07, 6.45) is 5.47. The van der Waals surface area contributed by atoms with Gasteiger partial charge in [0.1, 0.15) is 5.82 Å². The topological polar surface area (TPSA) is 63.1 Å². The van der Waals surface area contributed by atoms with E-state index in [-0.39, 0.29) is 5.91 Å². The number of aromatic nitrogens is 3. The van der Waals surface area contributed by atoms with Crippen LogP contribution in [0.4, 0.5) is 5.82 Å². The summed E-state index contributed by atoms with van der Waals surface area (Å²) in [5, 5.41) is 7.15. The number of likely N-dealkylation sites (tertiary alicyclic amines) is 1. The molecule has 0 radical (unpaired) electrons. The summed E-state index contributed by atoms with van der Waals surface area (Å²) in [5.74, 6) is 1.22. The summed E-state index contributed by atoms with van der Waals surface area (Å²) in [6.45, 7) is 1.52. The molecule has 0 saturated carbocycles. The average molecular weight is 299 g/mol. The fraction of sp³-hybridized carbons (Fsp3) is 0.438. The number of nitrogens with one attached hydrogen (secondary N) is 1. The molecule has 6 nitrogen and oxygen atoms in total. The molecular weight excluding hydrogens is 278 g/mol. The number of pyridine rings is 1. The first-order valence-electron chi connectivity index (χ1n) is 7.60. The molecule has 3 heterocycles. The van der Waals surface area contributed by atoms with E-state index in [0.717, 1.165) is 30.9 Å². The van der Waals surface area contributed by atoms with Crippen LogP contribution in [0.25, 0.3) is 0 Å². The van der Waals surface area contributed by atoms with Gasteiger partial charge in [-0.2, -0.15) is 5.10 Å². The Kier molecular flexibility index (Phi) is 4.09. The van der Waals surface area contributed by atoms with Gasteiger partial charge in [-0.25, -0.2) is 4.98 Å². The van der Waals surface area contributed by atoms with E-state index in [1.807, 2.05) is 37.2 Å². The van der Waals surface area contributed by atoms with Gasteiger partial charge in [0.05, 0.1) is 11.8 Å². The number of hydrogen-bond donors (Lipinski definition) is 1. The van der Waals surface area contributed by atoms with Crippen LogP contribution >= 0.6 is 0 Å². The van der Waals surface area contributed by atoms with Crippen LogP contribution in [-0.4, -0.2) is 45.7 Å². The fourth-order valence-corrected chi connectivity index (χ4v) is 2.94. The number of aryl methyl sites for hydroxylation is 1. The molecule has 1 aliphatic heterocycles. The second-order valence-corrected chi connectivity index (χ2v) is 5.69. The molecule has 6 heteroatoms. The zero-order valence-corrected chi connectivity index (χ0v) is 13.0. The van der Waals surface area contributed by atoms with Gasteiger partial charge in [0.2, 0.25) is 0 Å². The number of piperidine rings is 1. The lowest BCUT2D eigenvalue weighted by atomic mass is 9.94. The maximum absolute atomic E-state index is 12.6. The average Bonchev–Trinajstić information content (AvgIpc) is 3.01. The molecule has 1 saturated heterocycles. The molecule has 1 atom stereocenters. The summed E-state index contributed by atoms with van der Waals surface area (Å²) in [7, 11) is 3.69. The van der Waals surface area contributed by atoms with E-state index >= 15 is 0 Å². The van der Waals surface area contributed by atoms with Crippen molar-refractivity contribution in [3.63, 3.8) is 0 Å². The van der Waals surface area contributed by atoms with E-state index in [4.69, 9.17) is 0 Å². The monoisotopic (exact) mass is 299 g/mol. The first-order chi connectivity index (χ1) is 10.7. The Morgan fingerprint density at radius 3 is 3.00 bits per heavy atom. The Labute approximate surface area is 130 Å². The summed E-state index contributed by atoms with van der Waals surface area (Å²) in [6, 6.07) is 6.00. The quantitative estimate of drug-likeness (QED) is 0.940. The molecule has 0 spiro atoms. The lowest BCUT2D eigenvalue weighted by molar-refractivity contribution is 0.0706. The van der Waals surface area contributed by atoms with Crippen molar-refractivity contribution < 1.29 is 4.79 Å². The van der Waals surface area contributed by atoms with Crippen LogP contribution in [0.3, 0.4) is 0 Å². The van der Waals surface area contributed by atoms with Crippen molar-refractivity contribution in [1.29, 1.82) is 0 Å². The fourth-order valence-electron chi connectivity index (χ4n) is 2.94. The number of carbonyl (C=O) groups excluding carboxylic acids is 1. The molecule has 116 valence electrons. The highest BCUT2D eigenvalue weighted by molar-refractivity contribution is 5.93. The largest absolute Gasteiger partial charge is 0.373 e. The van der Waals surface area contributed by atoms with Crippen molar-refractivity contribution in [2.45, 2.75) is 18.8 Å². The third-order valence-corrected chi connectivity index (χ3v) is 4.11. The number of hydrogen-bond acceptors (Lipinski definition) is 4. The smallest absolute Gasteiger partial charge is 0.257 e. The number of anilines is 1. The van der Waals surface area contributed by atoms with E-state index in [2.05, 4.69) is 15.4 Å². The molecule has 2 aromatic rings. The van der Waals surface area contributed by atoms with Crippen molar-refractivity contribution in [1.82, 2.24) is 19.7 Å². The van der Waals surface area contributed by atoms with Crippen LogP contribution in [0.5, 0.6) is 0 Å². The summed E-state index contributed by atoms with van der Waals surface area (Å²) < 4.78 is 1.66. The second-order valence-electron chi connectivity index (χ2n) is 5.69. The van der Waals surface area contributed by atoms with E-state index in [9.17, 15) is 4.79 Å². The summed E-state index contributed by atoms with van der Waals surface area (Å²) >= 11 is 0. The van der Waals surface area contributed by atoms with Crippen LogP contribution in [0.2, 0.25) is 0 Å². The lowest BCUT2D eigenvalue weighted by Crippen LogP contribution is -2.39. The van der Waals surface area contributed by atoms with Gasteiger partial charge in [0, 0.05) is 45.0 Å². The zero-order chi connectivity index (χ0) is 15.5. The Bertz CT molecular complexity index is 666. The van der Waals surface area contributed by atoms with Crippen molar-refractivity contribution >= 4 is 11.7 Å². The van der Waals surface area contributed by atoms with Crippen molar-refractivity contribution in [3.8, 4) is 0 Å². The van der Waals surface area contributed by atoms with Gasteiger partial charge in [-0.3, -0.25) is 9.48 Å². The molecule has 1 unspecified atom stereocenters. The minimum Gasteiger partial charge on any atom is -0.373 e. The van der Waals surface area contributed by atoms with Crippen LogP contribution in [0.1, 0.15) is 34.8 Å². The van der Waals surface area contributed by atoms with Crippen LogP contribution < -0.4 is 5.32 Å². The third-order valence-electron chi connectivity index (χ3n) is 4.11.